The highest BCUT2D eigenvalue weighted by atomic mass is 32.2. The summed E-state index contributed by atoms with van der Waals surface area (Å²) >= 11 is 0. The molecule has 2 N–H and O–H groups in total. The maximum Gasteiger partial charge on any atom is 0.244 e. The Morgan fingerprint density at radius 2 is 1.95 bits per heavy atom. The summed E-state index contributed by atoms with van der Waals surface area (Å²) in [7, 11) is -4.06. The normalized spacial score (nSPS) is 20.9. The van der Waals surface area contributed by atoms with Crippen molar-refractivity contribution in [3.05, 3.63) is 65.0 Å². The summed E-state index contributed by atoms with van der Waals surface area (Å²) < 4.78 is 41.2. The molecule has 0 fully saturated rings. The molecule has 116 valence electrons. The fraction of sp³-hybridized carbons (Fsp3) is 0.250. The van der Waals surface area contributed by atoms with Crippen LogP contribution in [0.5, 0.6) is 0 Å². The number of nitrogens with one attached hydrogen (secondary N) is 1. The molecular weight excluding hydrogens is 305 g/mol. The highest BCUT2D eigenvalue weighted by Gasteiger charge is 2.35. The highest BCUT2D eigenvalue weighted by molar-refractivity contribution is 7.89. The molecule has 0 radical (unpaired) electrons. The average molecular weight is 321 g/mol. The first-order chi connectivity index (χ1) is 10.4. The van der Waals surface area contributed by atoms with Crippen LogP contribution in [0.2, 0.25) is 0 Å². The van der Waals surface area contributed by atoms with Gasteiger partial charge in [0.05, 0.1) is 12.1 Å². The summed E-state index contributed by atoms with van der Waals surface area (Å²) in [6.45, 7) is 1.69. The van der Waals surface area contributed by atoms with Crippen LogP contribution in [-0.2, 0) is 16.4 Å². The van der Waals surface area contributed by atoms with Crippen molar-refractivity contribution in [2.45, 2.75) is 30.4 Å². The summed E-state index contributed by atoms with van der Waals surface area (Å²) in [6, 6.07) is 10.4. The molecule has 1 aliphatic rings. The Kier molecular flexibility index (Phi) is 3.76. The number of rotatable bonds is 3. The lowest BCUT2D eigenvalue weighted by Crippen LogP contribution is -2.34. The van der Waals surface area contributed by atoms with E-state index in [9.17, 15) is 17.9 Å². The summed E-state index contributed by atoms with van der Waals surface area (Å²) in [5.41, 5.74) is 2.27. The molecule has 0 saturated carbocycles. The van der Waals surface area contributed by atoms with Gasteiger partial charge in [0.15, 0.2) is 0 Å². The number of aliphatic hydroxyl groups excluding tert-OH is 1. The van der Waals surface area contributed by atoms with Crippen LogP contribution in [0.25, 0.3) is 0 Å². The van der Waals surface area contributed by atoms with Crippen molar-refractivity contribution in [1.29, 1.82) is 0 Å². The molecule has 0 spiro atoms. The van der Waals surface area contributed by atoms with Gasteiger partial charge in [-0.25, -0.2) is 17.5 Å². The van der Waals surface area contributed by atoms with Gasteiger partial charge in [-0.15, -0.1) is 0 Å². The van der Waals surface area contributed by atoms with Gasteiger partial charge in [0, 0.05) is 6.42 Å². The molecule has 4 nitrogen and oxygen atoms in total. The van der Waals surface area contributed by atoms with Crippen LogP contribution in [0, 0.1) is 12.7 Å². The van der Waals surface area contributed by atoms with E-state index in [0.717, 1.165) is 17.2 Å². The second-order valence-corrected chi connectivity index (χ2v) is 7.19. The Morgan fingerprint density at radius 3 is 2.73 bits per heavy atom. The zero-order valence-corrected chi connectivity index (χ0v) is 12.8. The van der Waals surface area contributed by atoms with E-state index in [1.807, 2.05) is 12.1 Å². The van der Waals surface area contributed by atoms with Gasteiger partial charge in [0.2, 0.25) is 10.0 Å². The van der Waals surface area contributed by atoms with E-state index in [-0.39, 0.29) is 0 Å². The van der Waals surface area contributed by atoms with Crippen molar-refractivity contribution in [1.82, 2.24) is 4.72 Å². The van der Waals surface area contributed by atoms with E-state index in [2.05, 4.69) is 4.72 Å². The molecule has 2 unspecified atom stereocenters. The fourth-order valence-electron chi connectivity index (χ4n) is 2.76. The summed E-state index contributed by atoms with van der Waals surface area (Å²) in [5, 5.41) is 10.1. The van der Waals surface area contributed by atoms with Gasteiger partial charge >= 0.3 is 0 Å². The Bertz CT molecular complexity index is 820. The SMILES string of the molecule is Cc1ccc(F)c(S(=O)(=O)NC2c3ccccc3CC2O)c1. The van der Waals surface area contributed by atoms with Crippen molar-refractivity contribution in [3.8, 4) is 0 Å². The van der Waals surface area contributed by atoms with Crippen molar-refractivity contribution >= 4 is 10.0 Å². The summed E-state index contributed by atoms with van der Waals surface area (Å²) in [4.78, 5) is -0.399. The van der Waals surface area contributed by atoms with Crippen molar-refractivity contribution in [2.24, 2.45) is 0 Å². The van der Waals surface area contributed by atoms with E-state index >= 15 is 0 Å². The maximum atomic E-state index is 13.9. The van der Waals surface area contributed by atoms with Gasteiger partial charge in [0.25, 0.3) is 0 Å². The largest absolute Gasteiger partial charge is 0.391 e. The van der Waals surface area contributed by atoms with Crippen LogP contribution in [0.1, 0.15) is 22.7 Å². The number of halogens is 1. The van der Waals surface area contributed by atoms with E-state index in [0.29, 0.717) is 12.0 Å². The van der Waals surface area contributed by atoms with Crippen LogP contribution >= 0.6 is 0 Å². The molecule has 0 saturated heterocycles. The monoisotopic (exact) mass is 321 g/mol. The van der Waals surface area contributed by atoms with Gasteiger partial charge < -0.3 is 5.11 Å². The number of hydrogen-bond acceptors (Lipinski definition) is 3. The molecule has 6 heteroatoms. The smallest absolute Gasteiger partial charge is 0.244 e. The van der Waals surface area contributed by atoms with Crippen LogP contribution < -0.4 is 4.72 Å². The van der Waals surface area contributed by atoms with Gasteiger partial charge in [-0.05, 0) is 35.7 Å². The minimum absolute atomic E-state index is 0.375. The van der Waals surface area contributed by atoms with E-state index in [4.69, 9.17) is 0 Å². The first-order valence-electron chi connectivity index (χ1n) is 6.93. The molecule has 3 rings (SSSR count). The standard InChI is InChI=1S/C16H16FNO3S/c1-10-6-7-13(17)15(8-10)22(20,21)18-16-12-5-3-2-4-11(12)9-14(16)19/h2-8,14,16,18-19H,9H2,1H3. The van der Waals surface area contributed by atoms with Crippen LogP contribution in [0.3, 0.4) is 0 Å². The number of sulfonamides is 1. The number of fused-ring (bicyclic) bond motifs is 1. The third kappa shape index (κ3) is 2.65. The predicted octanol–water partition coefficient (Wildman–Crippen LogP) is 2.07. The Morgan fingerprint density at radius 1 is 1.23 bits per heavy atom. The van der Waals surface area contributed by atoms with Gasteiger partial charge in [-0.1, -0.05) is 30.3 Å². The lowest BCUT2D eigenvalue weighted by atomic mass is 10.1. The maximum absolute atomic E-state index is 13.9. The molecule has 2 atom stereocenters. The minimum atomic E-state index is -4.06. The van der Waals surface area contributed by atoms with Crippen molar-refractivity contribution in [3.63, 3.8) is 0 Å². The highest BCUT2D eigenvalue weighted by Crippen LogP contribution is 2.32. The van der Waals surface area contributed by atoms with Crippen LogP contribution in [0.4, 0.5) is 4.39 Å². The predicted molar refractivity (Wildman–Crippen MR) is 80.4 cm³/mol. The zero-order chi connectivity index (χ0) is 15.9. The molecule has 2 aromatic carbocycles. The number of hydrogen-bond donors (Lipinski definition) is 2. The van der Waals surface area contributed by atoms with E-state index in [1.54, 1.807) is 19.1 Å². The number of benzene rings is 2. The molecule has 0 aromatic heterocycles. The minimum Gasteiger partial charge on any atom is -0.391 e. The summed E-state index contributed by atoms with van der Waals surface area (Å²) in [6.07, 6.45) is -0.486. The van der Waals surface area contributed by atoms with E-state index in [1.165, 1.54) is 12.1 Å². The molecule has 0 aliphatic heterocycles. The lowest BCUT2D eigenvalue weighted by molar-refractivity contribution is 0.151. The molecule has 2 aromatic rings. The Hall–Kier alpha value is -1.76. The van der Waals surface area contributed by atoms with Gasteiger partial charge in [0.1, 0.15) is 10.7 Å². The topological polar surface area (TPSA) is 66.4 Å². The first-order valence-corrected chi connectivity index (χ1v) is 8.41. The molecule has 0 heterocycles. The van der Waals surface area contributed by atoms with E-state index < -0.39 is 32.9 Å². The molecular formula is C16H16FNO3S. The zero-order valence-electron chi connectivity index (χ0n) is 12.0. The lowest BCUT2D eigenvalue weighted by Gasteiger charge is -2.18. The van der Waals surface area contributed by atoms with Crippen molar-refractivity contribution in [2.75, 3.05) is 0 Å². The van der Waals surface area contributed by atoms with Gasteiger partial charge in [-0.3, -0.25) is 0 Å². The summed E-state index contributed by atoms with van der Waals surface area (Å²) in [5.74, 6) is -0.807. The van der Waals surface area contributed by atoms with Crippen LogP contribution in [0.15, 0.2) is 47.4 Å². The Labute approximate surface area is 128 Å². The number of aryl methyl sites for hydroxylation is 1. The van der Waals surface area contributed by atoms with Crippen molar-refractivity contribution < 1.29 is 17.9 Å². The second kappa shape index (κ2) is 5.46. The quantitative estimate of drug-likeness (QED) is 0.909. The molecule has 1 aliphatic carbocycles. The molecule has 22 heavy (non-hydrogen) atoms. The Balaban J connectivity index is 1.97. The fourth-order valence-corrected chi connectivity index (χ4v) is 4.17. The third-order valence-electron chi connectivity index (χ3n) is 3.86. The molecule has 0 bridgehead atoms. The second-order valence-electron chi connectivity index (χ2n) is 5.50. The third-order valence-corrected chi connectivity index (χ3v) is 5.32. The average Bonchev–Trinajstić information content (AvgIpc) is 2.77. The van der Waals surface area contributed by atoms with Gasteiger partial charge in [-0.2, -0.15) is 0 Å². The van der Waals surface area contributed by atoms with Crippen LogP contribution in [-0.4, -0.2) is 19.6 Å². The number of aliphatic hydroxyl groups is 1. The molecule has 0 amide bonds. The first kappa shape index (κ1) is 15.1.